The van der Waals surface area contributed by atoms with Crippen molar-refractivity contribution < 1.29 is 0 Å². The summed E-state index contributed by atoms with van der Waals surface area (Å²) in [4.78, 5) is 0. The predicted octanol–water partition coefficient (Wildman–Crippen LogP) is 2.57. The molecule has 0 fully saturated rings. The number of hydrogen-bond donors (Lipinski definition) is 0. The largest absolute Gasteiger partial charge is 0.103 e. The van der Waals surface area contributed by atoms with E-state index in [4.69, 9.17) is 0 Å². The third-order valence-corrected chi connectivity index (χ3v) is 0.929. The molecule has 1 radical (unpaired) electrons. The highest BCUT2D eigenvalue weighted by atomic mass is 13.9. The van der Waals surface area contributed by atoms with Crippen LogP contribution in [-0.2, 0) is 0 Å². The topological polar surface area (TPSA) is 0 Å². The molecule has 0 rings (SSSR count). The summed E-state index contributed by atoms with van der Waals surface area (Å²) in [5, 5.41) is 0. The fourth-order valence-electron chi connectivity index (χ4n) is 0.507. The minimum absolute atomic E-state index is 0.924. The molecule has 0 N–H and O–H groups in total. The maximum Gasteiger partial charge on any atom is 0.0486 e. The molecule has 0 saturated heterocycles. The van der Waals surface area contributed by atoms with Crippen LogP contribution < -0.4 is 0 Å². The van der Waals surface area contributed by atoms with E-state index in [1.165, 1.54) is 5.92 Å². The summed E-state index contributed by atoms with van der Waals surface area (Å²) < 4.78 is 0. The molecule has 0 amide bonds. The summed E-state index contributed by atoms with van der Waals surface area (Å²) in [5.74, 6) is 7.23. The number of allylic oxidation sites excluding steroid dienone is 1. The molecule has 0 aliphatic heterocycles. The second kappa shape index (κ2) is 5.44. The summed E-state index contributed by atoms with van der Waals surface area (Å²) in [5.41, 5.74) is 0. The van der Waals surface area contributed by atoms with Crippen LogP contribution in [0, 0.1) is 17.8 Å². The van der Waals surface area contributed by atoms with Gasteiger partial charge in [-0.2, -0.15) is 0 Å². The minimum atomic E-state index is 0.924. The molecule has 0 spiro atoms. The Morgan fingerprint density at radius 1 is 1.67 bits per heavy atom. The van der Waals surface area contributed by atoms with E-state index in [1.54, 1.807) is 0 Å². The van der Waals surface area contributed by atoms with Crippen LogP contribution in [0.1, 0.15) is 26.7 Å². The van der Waals surface area contributed by atoms with E-state index < -0.39 is 0 Å². The summed E-state index contributed by atoms with van der Waals surface area (Å²) in [7, 11) is 0. The molecule has 0 heteroatoms. The Hall–Kier alpha value is -0.700. The predicted molar refractivity (Wildman–Crippen MR) is 41.8 cm³/mol. The van der Waals surface area contributed by atoms with Gasteiger partial charge in [-0.3, -0.25) is 0 Å². The lowest BCUT2D eigenvalue weighted by atomic mass is 10.1. The average Bonchev–Trinajstić information content (AvgIpc) is 1.85. The van der Waals surface area contributed by atoms with Crippen molar-refractivity contribution in [3.8, 4) is 11.8 Å². The van der Waals surface area contributed by atoms with Gasteiger partial charge in [0.1, 0.15) is 0 Å². The van der Waals surface area contributed by atoms with Gasteiger partial charge in [0.25, 0.3) is 0 Å². The van der Waals surface area contributed by atoms with Gasteiger partial charge in [-0.25, -0.2) is 0 Å². The van der Waals surface area contributed by atoms with E-state index in [9.17, 15) is 0 Å². The van der Waals surface area contributed by atoms with E-state index in [0.717, 1.165) is 12.8 Å². The van der Waals surface area contributed by atoms with Crippen molar-refractivity contribution in [1.29, 1.82) is 0 Å². The summed E-state index contributed by atoms with van der Waals surface area (Å²) in [6, 6.07) is 0. The molecule has 0 unspecified atom stereocenters. The van der Waals surface area contributed by atoms with E-state index in [1.807, 2.05) is 19.9 Å². The standard InChI is InChI=1S/C9H13/c1-4-6-8-9(3)7-5-2/h5H,2,4,7H2,1,3H3. The Kier molecular flexibility index (Phi) is 5.01. The highest BCUT2D eigenvalue weighted by molar-refractivity contribution is 5.20. The molecular formula is C9H13. The van der Waals surface area contributed by atoms with E-state index in [-0.39, 0.29) is 0 Å². The van der Waals surface area contributed by atoms with Gasteiger partial charge in [0, 0.05) is 12.3 Å². The first-order valence-corrected chi connectivity index (χ1v) is 3.23. The van der Waals surface area contributed by atoms with Gasteiger partial charge in [0.05, 0.1) is 0 Å². The zero-order valence-electron chi connectivity index (χ0n) is 6.20. The van der Waals surface area contributed by atoms with Crippen molar-refractivity contribution in [3.63, 3.8) is 0 Å². The normalized spacial score (nSPS) is 8.33. The molecule has 0 aromatic heterocycles. The first-order valence-electron chi connectivity index (χ1n) is 3.23. The zero-order valence-corrected chi connectivity index (χ0v) is 6.20. The zero-order chi connectivity index (χ0) is 7.11. The maximum absolute atomic E-state index is 3.62. The third kappa shape index (κ3) is 5.17. The molecule has 0 bridgehead atoms. The highest BCUT2D eigenvalue weighted by Crippen LogP contribution is 2.01. The van der Waals surface area contributed by atoms with Gasteiger partial charge < -0.3 is 0 Å². The van der Waals surface area contributed by atoms with Crippen LogP contribution in [0.25, 0.3) is 0 Å². The van der Waals surface area contributed by atoms with E-state index in [2.05, 4.69) is 18.4 Å². The number of hydrogen-bond acceptors (Lipinski definition) is 0. The smallest absolute Gasteiger partial charge is 0.0486 e. The number of rotatable bonds is 2. The molecule has 0 aliphatic carbocycles. The van der Waals surface area contributed by atoms with Crippen LogP contribution in [-0.4, -0.2) is 0 Å². The second-order valence-corrected chi connectivity index (χ2v) is 1.93. The summed E-state index contributed by atoms with van der Waals surface area (Å²) in [6.45, 7) is 7.70. The molecule has 0 aliphatic rings. The van der Waals surface area contributed by atoms with E-state index in [0.29, 0.717) is 0 Å². The fourth-order valence-corrected chi connectivity index (χ4v) is 0.507. The maximum atomic E-state index is 3.62. The molecule has 0 nitrogen and oxygen atoms in total. The SMILES string of the molecule is C=CC[C](C)C#CCC. The van der Waals surface area contributed by atoms with Gasteiger partial charge in [-0.05, 0) is 13.3 Å². The Labute approximate surface area is 58.0 Å². The van der Waals surface area contributed by atoms with Crippen LogP contribution in [0.5, 0.6) is 0 Å². The van der Waals surface area contributed by atoms with Crippen molar-refractivity contribution in [2.45, 2.75) is 26.7 Å². The van der Waals surface area contributed by atoms with Gasteiger partial charge in [-0.1, -0.05) is 18.9 Å². The lowest BCUT2D eigenvalue weighted by molar-refractivity contribution is 1.10. The van der Waals surface area contributed by atoms with Crippen LogP contribution in [0.3, 0.4) is 0 Å². The van der Waals surface area contributed by atoms with Crippen LogP contribution in [0.4, 0.5) is 0 Å². The van der Waals surface area contributed by atoms with Crippen molar-refractivity contribution in [3.05, 3.63) is 18.6 Å². The summed E-state index contributed by atoms with van der Waals surface area (Å²) in [6.07, 6.45) is 3.74. The molecule has 0 saturated carbocycles. The van der Waals surface area contributed by atoms with Gasteiger partial charge in [-0.15, -0.1) is 12.5 Å². The van der Waals surface area contributed by atoms with Gasteiger partial charge in [0.15, 0.2) is 0 Å². The van der Waals surface area contributed by atoms with Crippen LogP contribution >= 0.6 is 0 Å². The Balaban J connectivity index is 3.47. The van der Waals surface area contributed by atoms with Crippen molar-refractivity contribution in [1.82, 2.24) is 0 Å². The molecular weight excluding hydrogens is 108 g/mol. The van der Waals surface area contributed by atoms with E-state index >= 15 is 0 Å². The fraction of sp³-hybridized carbons (Fsp3) is 0.444. The molecule has 0 heterocycles. The lowest BCUT2D eigenvalue weighted by Crippen LogP contribution is -1.81. The molecule has 49 valence electrons. The average molecular weight is 121 g/mol. The monoisotopic (exact) mass is 121 g/mol. The lowest BCUT2D eigenvalue weighted by Gasteiger charge is -1.92. The quantitative estimate of drug-likeness (QED) is 0.389. The Bertz CT molecular complexity index is 123. The summed E-state index contributed by atoms with van der Waals surface area (Å²) >= 11 is 0. The minimum Gasteiger partial charge on any atom is -0.103 e. The Morgan fingerprint density at radius 3 is 2.78 bits per heavy atom. The second-order valence-electron chi connectivity index (χ2n) is 1.93. The molecule has 0 atom stereocenters. The molecule has 9 heavy (non-hydrogen) atoms. The third-order valence-electron chi connectivity index (χ3n) is 0.929. The van der Waals surface area contributed by atoms with Gasteiger partial charge in [0.2, 0.25) is 0 Å². The first kappa shape index (κ1) is 8.30. The van der Waals surface area contributed by atoms with Crippen molar-refractivity contribution >= 4 is 0 Å². The first-order chi connectivity index (χ1) is 4.31. The van der Waals surface area contributed by atoms with Crippen LogP contribution in [0.2, 0.25) is 0 Å². The Morgan fingerprint density at radius 2 is 2.33 bits per heavy atom. The van der Waals surface area contributed by atoms with Crippen LogP contribution in [0.15, 0.2) is 12.7 Å². The van der Waals surface area contributed by atoms with Crippen molar-refractivity contribution in [2.75, 3.05) is 0 Å². The van der Waals surface area contributed by atoms with Gasteiger partial charge >= 0.3 is 0 Å². The van der Waals surface area contributed by atoms with Crippen molar-refractivity contribution in [2.24, 2.45) is 0 Å². The molecule has 0 aromatic carbocycles. The highest BCUT2D eigenvalue weighted by Gasteiger charge is 1.90. The molecule has 0 aromatic rings.